The average molecular weight is 260 g/mol. The summed E-state index contributed by atoms with van der Waals surface area (Å²) < 4.78 is 5.11. The fourth-order valence-corrected chi connectivity index (χ4v) is 1.93. The largest absolute Gasteiger partial charge is 0.445 e. The lowest BCUT2D eigenvalue weighted by molar-refractivity contribution is 0.130. The van der Waals surface area contributed by atoms with E-state index in [0.29, 0.717) is 12.3 Å². The maximum atomic E-state index is 11.7. The SMILES string of the molecule is CC(C)CC(C)(C#N)NC(=O)OCc1ccccc1. The van der Waals surface area contributed by atoms with Gasteiger partial charge in [-0.3, -0.25) is 0 Å². The average Bonchev–Trinajstić information content (AvgIpc) is 2.36. The first-order valence-electron chi connectivity index (χ1n) is 6.35. The lowest BCUT2D eigenvalue weighted by atomic mass is 9.92. The number of nitriles is 1. The van der Waals surface area contributed by atoms with Gasteiger partial charge in [0.2, 0.25) is 0 Å². The number of carbonyl (C=O) groups excluding carboxylic acids is 1. The summed E-state index contributed by atoms with van der Waals surface area (Å²) >= 11 is 0. The van der Waals surface area contributed by atoms with Gasteiger partial charge in [-0.15, -0.1) is 0 Å². The predicted molar refractivity (Wildman–Crippen MR) is 73.2 cm³/mol. The Morgan fingerprint density at radius 2 is 2.05 bits per heavy atom. The molecule has 1 aromatic carbocycles. The maximum Gasteiger partial charge on any atom is 0.408 e. The highest BCUT2D eigenvalue weighted by molar-refractivity contribution is 5.68. The van der Waals surface area contributed by atoms with Crippen LogP contribution in [-0.4, -0.2) is 11.6 Å². The van der Waals surface area contributed by atoms with Crippen molar-refractivity contribution in [3.05, 3.63) is 35.9 Å². The zero-order valence-electron chi connectivity index (χ0n) is 11.6. The molecule has 0 bridgehead atoms. The van der Waals surface area contributed by atoms with Crippen molar-refractivity contribution in [1.29, 1.82) is 5.26 Å². The Morgan fingerprint density at radius 3 is 2.58 bits per heavy atom. The molecule has 1 unspecified atom stereocenters. The van der Waals surface area contributed by atoms with Gasteiger partial charge in [0.05, 0.1) is 6.07 Å². The van der Waals surface area contributed by atoms with Gasteiger partial charge in [-0.1, -0.05) is 44.2 Å². The number of carbonyl (C=O) groups is 1. The molecule has 0 radical (unpaired) electrons. The molecule has 1 N–H and O–H groups in total. The van der Waals surface area contributed by atoms with E-state index in [1.807, 2.05) is 44.2 Å². The summed E-state index contributed by atoms with van der Waals surface area (Å²) in [5.74, 6) is 0.319. The minimum absolute atomic E-state index is 0.204. The van der Waals surface area contributed by atoms with E-state index in [2.05, 4.69) is 11.4 Å². The van der Waals surface area contributed by atoms with E-state index in [1.165, 1.54) is 0 Å². The molecule has 19 heavy (non-hydrogen) atoms. The Bertz CT molecular complexity index is 451. The fraction of sp³-hybridized carbons (Fsp3) is 0.467. The molecule has 0 saturated heterocycles. The van der Waals surface area contributed by atoms with Crippen molar-refractivity contribution < 1.29 is 9.53 Å². The van der Waals surface area contributed by atoms with Gasteiger partial charge in [0.25, 0.3) is 0 Å². The van der Waals surface area contributed by atoms with Crippen molar-refractivity contribution in [1.82, 2.24) is 5.32 Å². The fourth-order valence-electron chi connectivity index (χ4n) is 1.93. The molecule has 0 saturated carbocycles. The van der Waals surface area contributed by atoms with Crippen LogP contribution in [0.1, 0.15) is 32.8 Å². The minimum Gasteiger partial charge on any atom is -0.445 e. The zero-order chi connectivity index (χ0) is 14.3. The molecule has 0 aliphatic carbocycles. The van der Waals surface area contributed by atoms with E-state index < -0.39 is 11.6 Å². The number of nitrogens with one attached hydrogen (secondary N) is 1. The molecule has 1 rings (SSSR count). The van der Waals surface area contributed by atoms with Crippen molar-refractivity contribution in [2.24, 2.45) is 5.92 Å². The van der Waals surface area contributed by atoms with Crippen molar-refractivity contribution in [2.45, 2.75) is 39.3 Å². The third kappa shape index (κ3) is 5.43. The summed E-state index contributed by atoms with van der Waals surface area (Å²) in [5, 5.41) is 11.8. The highest BCUT2D eigenvalue weighted by Crippen LogP contribution is 2.15. The second-order valence-corrected chi connectivity index (χ2v) is 5.23. The van der Waals surface area contributed by atoms with Crippen LogP contribution in [-0.2, 0) is 11.3 Å². The van der Waals surface area contributed by atoms with Gasteiger partial charge in [0, 0.05) is 0 Å². The molecular weight excluding hydrogens is 240 g/mol. The Morgan fingerprint density at radius 1 is 1.42 bits per heavy atom. The number of ether oxygens (including phenoxy) is 1. The molecule has 0 aromatic heterocycles. The van der Waals surface area contributed by atoms with Crippen LogP contribution in [0.5, 0.6) is 0 Å². The van der Waals surface area contributed by atoms with Crippen LogP contribution in [0.25, 0.3) is 0 Å². The van der Waals surface area contributed by atoms with Crippen LogP contribution in [0.4, 0.5) is 4.79 Å². The first kappa shape index (κ1) is 15.0. The number of rotatable bonds is 5. The van der Waals surface area contributed by atoms with E-state index >= 15 is 0 Å². The van der Waals surface area contributed by atoms with Crippen molar-refractivity contribution in [3.63, 3.8) is 0 Å². The van der Waals surface area contributed by atoms with Crippen LogP contribution >= 0.6 is 0 Å². The van der Waals surface area contributed by atoms with Gasteiger partial charge in [-0.25, -0.2) is 4.79 Å². The predicted octanol–water partition coefficient (Wildman–Crippen LogP) is 3.24. The van der Waals surface area contributed by atoms with E-state index in [1.54, 1.807) is 6.92 Å². The number of amides is 1. The number of nitrogens with zero attached hydrogens (tertiary/aromatic N) is 1. The van der Waals surface area contributed by atoms with Crippen LogP contribution in [0.2, 0.25) is 0 Å². The van der Waals surface area contributed by atoms with Crippen molar-refractivity contribution >= 4 is 6.09 Å². The zero-order valence-corrected chi connectivity index (χ0v) is 11.6. The van der Waals surface area contributed by atoms with Crippen LogP contribution < -0.4 is 5.32 Å². The van der Waals surface area contributed by atoms with Gasteiger partial charge in [-0.2, -0.15) is 5.26 Å². The molecule has 0 aliphatic heterocycles. The number of hydrogen-bond donors (Lipinski definition) is 1. The normalized spacial score (nSPS) is 13.4. The van der Waals surface area contributed by atoms with Crippen molar-refractivity contribution in [2.75, 3.05) is 0 Å². The summed E-state index contributed by atoms with van der Waals surface area (Å²) in [6.07, 6.45) is 0.0257. The molecule has 102 valence electrons. The number of alkyl carbamates (subject to hydrolysis) is 1. The third-order valence-corrected chi connectivity index (χ3v) is 2.65. The van der Waals surface area contributed by atoms with E-state index in [0.717, 1.165) is 5.56 Å². The summed E-state index contributed by atoms with van der Waals surface area (Å²) in [6, 6.07) is 11.6. The van der Waals surface area contributed by atoms with Crippen LogP contribution in [0.3, 0.4) is 0 Å². The molecule has 4 nitrogen and oxygen atoms in total. The Balaban J connectivity index is 2.48. The smallest absolute Gasteiger partial charge is 0.408 e. The second kappa shape index (κ2) is 6.79. The van der Waals surface area contributed by atoms with Gasteiger partial charge in [0.1, 0.15) is 12.1 Å². The highest BCUT2D eigenvalue weighted by atomic mass is 16.5. The topological polar surface area (TPSA) is 62.1 Å². The van der Waals surface area contributed by atoms with E-state index in [4.69, 9.17) is 10.00 Å². The monoisotopic (exact) mass is 260 g/mol. The molecule has 0 fully saturated rings. The lowest BCUT2D eigenvalue weighted by Gasteiger charge is -2.24. The Labute approximate surface area is 114 Å². The molecule has 1 amide bonds. The van der Waals surface area contributed by atoms with Crippen LogP contribution in [0, 0.1) is 17.2 Å². The first-order valence-corrected chi connectivity index (χ1v) is 6.35. The van der Waals surface area contributed by atoms with E-state index in [9.17, 15) is 4.79 Å². The second-order valence-electron chi connectivity index (χ2n) is 5.23. The summed E-state index contributed by atoms with van der Waals surface area (Å²) in [5.41, 5.74) is 0.0299. The van der Waals surface area contributed by atoms with E-state index in [-0.39, 0.29) is 6.61 Å². The molecular formula is C15H20N2O2. The molecule has 0 heterocycles. The summed E-state index contributed by atoms with van der Waals surface area (Å²) in [7, 11) is 0. The summed E-state index contributed by atoms with van der Waals surface area (Å²) in [6.45, 7) is 5.92. The van der Waals surface area contributed by atoms with Gasteiger partial charge < -0.3 is 10.1 Å². The highest BCUT2D eigenvalue weighted by Gasteiger charge is 2.27. The Kier molecular flexibility index (Phi) is 5.37. The first-order chi connectivity index (χ1) is 8.95. The molecule has 1 atom stereocenters. The standard InChI is InChI=1S/C15H20N2O2/c1-12(2)9-15(3,11-16)17-14(18)19-10-13-7-5-4-6-8-13/h4-8,12H,9-10H2,1-3H3,(H,17,18). The summed E-state index contributed by atoms with van der Waals surface area (Å²) in [4.78, 5) is 11.7. The lowest BCUT2D eigenvalue weighted by Crippen LogP contribution is -2.45. The number of benzene rings is 1. The van der Waals surface area contributed by atoms with Gasteiger partial charge in [0.15, 0.2) is 0 Å². The molecule has 0 spiro atoms. The maximum absolute atomic E-state index is 11.7. The van der Waals surface area contributed by atoms with Crippen molar-refractivity contribution in [3.8, 4) is 6.07 Å². The molecule has 1 aromatic rings. The third-order valence-electron chi connectivity index (χ3n) is 2.65. The van der Waals surface area contributed by atoms with Gasteiger partial charge in [-0.05, 0) is 24.8 Å². The number of hydrogen-bond acceptors (Lipinski definition) is 3. The van der Waals surface area contributed by atoms with Gasteiger partial charge >= 0.3 is 6.09 Å². The molecule has 4 heteroatoms. The van der Waals surface area contributed by atoms with Crippen LogP contribution in [0.15, 0.2) is 30.3 Å². The Hall–Kier alpha value is -2.02. The molecule has 0 aliphatic rings. The quantitative estimate of drug-likeness (QED) is 0.884. The minimum atomic E-state index is -0.887.